The van der Waals surface area contributed by atoms with Gasteiger partial charge in [0.05, 0.1) is 7.11 Å². The number of nitrogens with zero attached hydrogens (tertiary/aromatic N) is 1. The SMILES string of the molecule is COc1cccc(F)c1C(=O)N1CCc2c(N)cccc21. The van der Waals surface area contributed by atoms with Crippen molar-refractivity contribution in [2.45, 2.75) is 6.42 Å². The normalized spacial score (nSPS) is 13.1. The van der Waals surface area contributed by atoms with Gasteiger partial charge >= 0.3 is 0 Å². The Morgan fingerprint density at radius 1 is 1.29 bits per heavy atom. The lowest BCUT2D eigenvalue weighted by atomic mass is 10.1. The van der Waals surface area contributed by atoms with E-state index in [1.165, 1.54) is 19.2 Å². The van der Waals surface area contributed by atoms with Crippen LogP contribution in [0.15, 0.2) is 36.4 Å². The van der Waals surface area contributed by atoms with Crippen molar-refractivity contribution in [3.8, 4) is 5.75 Å². The average Bonchev–Trinajstić information content (AvgIpc) is 2.91. The van der Waals surface area contributed by atoms with Crippen LogP contribution in [0, 0.1) is 5.82 Å². The van der Waals surface area contributed by atoms with Gasteiger partial charge in [-0.3, -0.25) is 4.79 Å². The molecule has 0 bridgehead atoms. The Hall–Kier alpha value is -2.56. The molecule has 0 radical (unpaired) electrons. The highest BCUT2D eigenvalue weighted by Gasteiger charge is 2.30. The number of halogens is 1. The summed E-state index contributed by atoms with van der Waals surface area (Å²) in [6.07, 6.45) is 0.671. The number of hydrogen-bond acceptors (Lipinski definition) is 3. The first-order chi connectivity index (χ1) is 10.1. The molecule has 1 heterocycles. The van der Waals surface area contributed by atoms with E-state index in [1.54, 1.807) is 23.1 Å². The molecule has 1 amide bonds. The molecule has 0 atom stereocenters. The first-order valence-electron chi connectivity index (χ1n) is 6.65. The largest absolute Gasteiger partial charge is 0.496 e. The van der Waals surface area contributed by atoms with Crippen LogP contribution in [0.4, 0.5) is 15.8 Å². The fraction of sp³-hybridized carbons (Fsp3) is 0.188. The summed E-state index contributed by atoms with van der Waals surface area (Å²) < 4.78 is 19.2. The summed E-state index contributed by atoms with van der Waals surface area (Å²) in [6.45, 7) is 0.486. The van der Waals surface area contributed by atoms with E-state index in [4.69, 9.17) is 10.5 Å². The Balaban J connectivity index is 2.05. The molecule has 108 valence electrons. The summed E-state index contributed by atoms with van der Waals surface area (Å²) in [7, 11) is 1.42. The number of methoxy groups -OCH3 is 1. The molecule has 0 fully saturated rings. The predicted molar refractivity (Wildman–Crippen MR) is 79.2 cm³/mol. The van der Waals surface area contributed by atoms with Crippen LogP contribution < -0.4 is 15.4 Å². The monoisotopic (exact) mass is 286 g/mol. The van der Waals surface area contributed by atoms with Crippen LogP contribution in [-0.4, -0.2) is 19.6 Å². The first-order valence-corrected chi connectivity index (χ1v) is 6.65. The number of rotatable bonds is 2. The number of benzene rings is 2. The Bertz CT molecular complexity index is 715. The highest BCUT2D eigenvalue weighted by Crippen LogP contribution is 2.34. The molecule has 3 rings (SSSR count). The fourth-order valence-electron chi connectivity index (χ4n) is 2.69. The number of hydrogen-bond donors (Lipinski definition) is 1. The lowest BCUT2D eigenvalue weighted by molar-refractivity contribution is 0.0982. The second-order valence-electron chi connectivity index (χ2n) is 4.87. The topological polar surface area (TPSA) is 55.6 Å². The third kappa shape index (κ3) is 2.11. The van der Waals surface area contributed by atoms with Crippen molar-refractivity contribution in [1.29, 1.82) is 0 Å². The van der Waals surface area contributed by atoms with Gasteiger partial charge in [0.2, 0.25) is 0 Å². The van der Waals surface area contributed by atoms with E-state index in [-0.39, 0.29) is 11.3 Å². The van der Waals surface area contributed by atoms with E-state index in [0.29, 0.717) is 18.7 Å². The lowest BCUT2D eigenvalue weighted by Gasteiger charge is -2.19. The van der Waals surface area contributed by atoms with Gasteiger partial charge in [-0.2, -0.15) is 0 Å². The minimum absolute atomic E-state index is 0.0460. The Labute approximate surface area is 121 Å². The van der Waals surface area contributed by atoms with Crippen molar-refractivity contribution in [3.63, 3.8) is 0 Å². The van der Waals surface area contributed by atoms with E-state index >= 15 is 0 Å². The van der Waals surface area contributed by atoms with Gasteiger partial charge in [-0.25, -0.2) is 4.39 Å². The molecule has 4 nitrogen and oxygen atoms in total. The third-order valence-corrected chi connectivity index (χ3v) is 3.72. The summed E-state index contributed by atoms with van der Waals surface area (Å²) >= 11 is 0. The number of nitrogen functional groups attached to an aromatic ring is 1. The number of anilines is 2. The number of amides is 1. The Morgan fingerprint density at radius 2 is 2.05 bits per heavy atom. The molecule has 0 spiro atoms. The molecule has 1 aliphatic heterocycles. The minimum atomic E-state index is -0.586. The second-order valence-corrected chi connectivity index (χ2v) is 4.87. The van der Waals surface area contributed by atoms with E-state index in [9.17, 15) is 9.18 Å². The lowest BCUT2D eigenvalue weighted by Crippen LogP contribution is -2.30. The maximum atomic E-state index is 14.0. The number of nitrogens with two attached hydrogens (primary N) is 1. The Kier molecular flexibility index (Phi) is 3.25. The second kappa shape index (κ2) is 5.09. The maximum Gasteiger partial charge on any atom is 0.265 e. The number of ether oxygens (including phenoxy) is 1. The molecule has 21 heavy (non-hydrogen) atoms. The molecule has 0 unspecified atom stereocenters. The van der Waals surface area contributed by atoms with Gasteiger partial charge in [-0.1, -0.05) is 12.1 Å². The van der Waals surface area contributed by atoms with E-state index in [0.717, 1.165) is 11.3 Å². The van der Waals surface area contributed by atoms with Crippen LogP contribution in [0.3, 0.4) is 0 Å². The minimum Gasteiger partial charge on any atom is -0.496 e. The van der Waals surface area contributed by atoms with Crippen molar-refractivity contribution < 1.29 is 13.9 Å². The number of carbonyl (C=O) groups excluding carboxylic acids is 1. The zero-order valence-electron chi connectivity index (χ0n) is 11.6. The molecular weight excluding hydrogens is 271 g/mol. The van der Waals surface area contributed by atoms with Crippen LogP contribution in [-0.2, 0) is 6.42 Å². The molecule has 2 aromatic carbocycles. The summed E-state index contributed by atoms with van der Waals surface area (Å²) in [4.78, 5) is 14.2. The van der Waals surface area contributed by atoms with E-state index in [2.05, 4.69) is 0 Å². The molecule has 5 heteroatoms. The quantitative estimate of drug-likeness (QED) is 0.863. The van der Waals surface area contributed by atoms with Gasteiger partial charge in [-0.15, -0.1) is 0 Å². The summed E-state index contributed by atoms with van der Waals surface area (Å²) in [5, 5.41) is 0. The van der Waals surface area contributed by atoms with Crippen LogP contribution in [0.1, 0.15) is 15.9 Å². The fourth-order valence-corrected chi connectivity index (χ4v) is 2.69. The molecule has 2 N–H and O–H groups in total. The maximum absolute atomic E-state index is 14.0. The van der Waals surface area contributed by atoms with Gasteiger partial charge in [0.15, 0.2) is 0 Å². The highest BCUT2D eigenvalue weighted by atomic mass is 19.1. The summed E-state index contributed by atoms with van der Waals surface area (Å²) in [5.74, 6) is -0.761. The smallest absolute Gasteiger partial charge is 0.265 e. The first kappa shape index (κ1) is 13.4. The molecule has 0 saturated carbocycles. The van der Waals surface area contributed by atoms with Crippen LogP contribution in [0.5, 0.6) is 5.75 Å². The zero-order chi connectivity index (χ0) is 15.0. The van der Waals surface area contributed by atoms with Crippen LogP contribution in [0.2, 0.25) is 0 Å². The number of carbonyl (C=O) groups is 1. The average molecular weight is 286 g/mol. The van der Waals surface area contributed by atoms with Crippen LogP contribution in [0.25, 0.3) is 0 Å². The third-order valence-electron chi connectivity index (χ3n) is 3.72. The molecule has 0 aliphatic carbocycles. The molecule has 1 aliphatic rings. The Morgan fingerprint density at radius 3 is 2.81 bits per heavy atom. The molecule has 2 aromatic rings. The van der Waals surface area contributed by atoms with Gasteiger partial charge in [0, 0.05) is 23.5 Å². The standard InChI is InChI=1S/C16H15FN2O2/c1-21-14-7-2-4-11(17)15(14)16(20)19-9-8-10-12(18)5-3-6-13(10)19/h2-7H,8-9,18H2,1H3. The van der Waals surface area contributed by atoms with E-state index < -0.39 is 11.7 Å². The van der Waals surface area contributed by atoms with Gasteiger partial charge in [-0.05, 0) is 30.7 Å². The number of fused-ring (bicyclic) bond motifs is 1. The van der Waals surface area contributed by atoms with Gasteiger partial charge in [0.25, 0.3) is 5.91 Å². The van der Waals surface area contributed by atoms with Crippen molar-refractivity contribution in [2.75, 3.05) is 24.3 Å². The molecule has 0 saturated heterocycles. The predicted octanol–water partition coefficient (Wildman–Crippen LogP) is 2.62. The van der Waals surface area contributed by atoms with Crippen molar-refractivity contribution in [3.05, 3.63) is 53.3 Å². The van der Waals surface area contributed by atoms with Crippen LogP contribution >= 0.6 is 0 Å². The van der Waals surface area contributed by atoms with Gasteiger partial charge in [0.1, 0.15) is 17.1 Å². The molecular formula is C16H15FN2O2. The van der Waals surface area contributed by atoms with E-state index in [1.807, 2.05) is 6.07 Å². The van der Waals surface area contributed by atoms with Gasteiger partial charge < -0.3 is 15.4 Å². The van der Waals surface area contributed by atoms with Crippen molar-refractivity contribution in [2.24, 2.45) is 0 Å². The summed E-state index contributed by atoms with van der Waals surface area (Å²) in [5.41, 5.74) is 8.20. The zero-order valence-corrected chi connectivity index (χ0v) is 11.6. The molecule has 0 aromatic heterocycles. The summed E-state index contributed by atoms with van der Waals surface area (Å²) in [6, 6.07) is 9.76. The van der Waals surface area contributed by atoms with Crippen molar-refractivity contribution in [1.82, 2.24) is 0 Å². The highest BCUT2D eigenvalue weighted by molar-refractivity contribution is 6.09. The van der Waals surface area contributed by atoms with Crippen molar-refractivity contribution >= 4 is 17.3 Å².